The van der Waals surface area contributed by atoms with Crippen molar-refractivity contribution in [3.8, 4) is 0 Å². The normalized spacial score (nSPS) is 20.7. The highest BCUT2D eigenvalue weighted by molar-refractivity contribution is 6.29. The van der Waals surface area contributed by atoms with Crippen molar-refractivity contribution >= 4 is 23.1 Å². The Labute approximate surface area is 214 Å². The molecular formula is C28H37ClN4O2. The van der Waals surface area contributed by atoms with Crippen LogP contribution in [0.2, 0.25) is 0 Å². The molecule has 1 saturated heterocycles. The highest BCUT2D eigenvalue weighted by Crippen LogP contribution is 2.29. The van der Waals surface area contributed by atoms with Crippen LogP contribution in [-0.2, 0) is 11.3 Å². The number of piperidine rings is 1. The van der Waals surface area contributed by atoms with Crippen LogP contribution in [-0.4, -0.2) is 53.4 Å². The Morgan fingerprint density at radius 2 is 2.14 bits per heavy atom. The number of aryl methyl sites for hydroxylation is 1. The molecule has 35 heavy (non-hydrogen) atoms. The number of carbonyl (C=O) groups is 1. The van der Waals surface area contributed by atoms with Crippen LogP contribution >= 0.6 is 11.6 Å². The van der Waals surface area contributed by atoms with Gasteiger partial charge in [-0.3, -0.25) is 9.69 Å². The third kappa shape index (κ3) is 6.98. The molecule has 0 spiro atoms. The number of rotatable bonds is 9. The summed E-state index contributed by atoms with van der Waals surface area (Å²) >= 11 is 6.09. The van der Waals surface area contributed by atoms with Crippen LogP contribution in [0.15, 0.2) is 57.7 Å². The van der Waals surface area contributed by atoms with Crippen molar-refractivity contribution < 1.29 is 9.21 Å². The van der Waals surface area contributed by atoms with Crippen molar-refractivity contribution in [1.29, 1.82) is 0 Å². The molecule has 1 unspecified atom stereocenters. The molecule has 6 nitrogen and oxygen atoms in total. The summed E-state index contributed by atoms with van der Waals surface area (Å²) in [6.07, 6.45) is 19.0. The molecule has 2 aliphatic carbocycles. The fourth-order valence-corrected chi connectivity index (χ4v) is 5.05. The molecule has 1 N–H and O–H groups in total. The summed E-state index contributed by atoms with van der Waals surface area (Å²) in [7, 11) is 0. The SMILES string of the molecule is CCN(CCNC(=O)C1CCCN(Cc2nc(C3=CC=C(Cl)CC3)oc2C)C1)C1=CC=CC=CC1. The third-order valence-electron chi connectivity index (χ3n) is 6.96. The summed E-state index contributed by atoms with van der Waals surface area (Å²) < 4.78 is 5.97. The maximum atomic E-state index is 13.0. The molecule has 1 atom stereocenters. The number of hydrogen-bond acceptors (Lipinski definition) is 5. The average Bonchev–Trinajstić information content (AvgIpc) is 3.05. The minimum Gasteiger partial charge on any atom is -0.441 e. The van der Waals surface area contributed by atoms with Gasteiger partial charge >= 0.3 is 0 Å². The van der Waals surface area contributed by atoms with Gasteiger partial charge in [-0.1, -0.05) is 42.0 Å². The summed E-state index contributed by atoms with van der Waals surface area (Å²) in [5.74, 6) is 1.72. The fourth-order valence-electron chi connectivity index (χ4n) is 4.89. The average molecular weight is 497 g/mol. The Hall–Kier alpha value is -2.57. The number of oxazole rings is 1. The molecule has 1 amide bonds. The van der Waals surface area contributed by atoms with Crippen molar-refractivity contribution in [3.63, 3.8) is 0 Å². The lowest BCUT2D eigenvalue weighted by Gasteiger charge is -2.32. The van der Waals surface area contributed by atoms with Crippen molar-refractivity contribution in [2.75, 3.05) is 32.7 Å². The predicted molar refractivity (Wildman–Crippen MR) is 142 cm³/mol. The van der Waals surface area contributed by atoms with E-state index in [1.54, 1.807) is 0 Å². The molecule has 1 aliphatic heterocycles. The van der Waals surface area contributed by atoms with Gasteiger partial charge in [-0.25, -0.2) is 4.98 Å². The number of allylic oxidation sites excluding steroid dienone is 9. The molecule has 1 aromatic heterocycles. The first kappa shape index (κ1) is 25.5. The zero-order valence-corrected chi connectivity index (χ0v) is 21.7. The van der Waals surface area contributed by atoms with Gasteiger partial charge in [0.25, 0.3) is 0 Å². The molecule has 7 heteroatoms. The number of aromatic nitrogens is 1. The predicted octanol–water partition coefficient (Wildman–Crippen LogP) is 5.33. The van der Waals surface area contributed by atoms with Gasteiger partial charge in [-0.15, -0.1) is 0 Å². The number of nitrogens with one attached hydrogen (secondary N) is 1. The van der Waals surface area contributed by atoms with E-state index in [-0.39, 0.29) is 11.8 Å². The van der Waals surface area contributed by atoms with E-state index in [2.05, 4.69) is 52.4 Å². The second kappa shape index (κ2) is 12.4. The zero-order chi connectivity index (χ0) is 24.6. The third-order valence-corrected chi connectivity index (χ3v) is 7.27. The molecule has 0 aromatic carbocycles. The van der Waals surface area contributed by atoms with E-state index in [0.717, 1.165) is 80.3 Å². The van der Waals surface area contributed by atoms with Crippen LogP contribution in [0.5, 0.6) is 0 Å². The Bertz CT molecular complexity index is 1050. The van der Waals surface area contributed by atoms with Gasteiger partial charge in [0, 0.05) is 55.4 Å². The first-order valence-corrected chi connectivity index (χ1v) is 13.2. The maximum Gasteiger partial charge on any atom is 0.224 e. The Kier molecular flexibility index (Phi) is 9.05. The van der Waals surface area contributed by atoms with Crippen LogP contribution in [0.1, 0.15) is 56.4 Å². The standard InChI is InChI=1S/C28H37ClN4O2/c1-3-33(25-10-6-4-5-7-11-25)18-16-30-27(34)23-9-8-17-32(19-23)20-26-21(2)35-28(31-26)22-12-14-24(29)15-13-22/h4-7,10,12,14,23H,3,8-9,11,13,15-20H2,1-2H3,(H,30,34). The largest absolute Gasteiger partial charge is 0.441 e. The molecule has 1 fully saturated rings. The zero-order valence-electron chi connectivity index (χ0n) is 20.9. The molecule has 1 aromatic rings. The van der Waals surface area contributed by atoms with Crippen molar-refractivity contribution in [2.45, 2.75) is 52.5 Å². The van der Waals surface area contributed by atoms with E-state index in [1.807, 2.05) is 19.1 Å². The Morgan fingerprint density at radius 1 is 1.26 bits per heavy atom. The fraction of sp³-hybridized carbons (Fsp3) is 0.500. The van der Waals surface area contributed by atoms with Gasteiger partial charge in [-0.2, -0.15) is 0 Å². The lowest BCUT2D eigenvalue weighted by molar-refractivity contribution is -0.126. The molecule has 2 heterocycles. The molecule has 188 valence electrons. The van der Waals surface area contributed by atoms with Crippen molar-refractivity contribution in [1.82, 2.24) is 20.1 Å². The minimum atomic E-state index is 0.0156. The van der Waals surface area contributed by atoms with Crippen molar-refractivity contribution in [3.05, 3.63) is 70.6 Å². The second-order valence-electron chi connectivity index (χ2n) is 9.45. The van der Waals surface area contributed by atoms with E-state index >= 15 is 0 Å². The smallest absolute Gasteiger partial charge is 0.224 e. The van der Waals surface area contributed by atoms with E-state index in [4.69, 9.17) is 21.0 Å². The summed E-state index contributed by atoms with van der Waals surface area (Å²) in [6.45, 7) is 8.99. The number of amides is 1. The topological polar surface area (TPSA) is 61.6 Å². The number of likely N-dealkylation sites (tertiary alicyclic amines) is 1. The molecule has 0 radical (unpaired) electrons. The van der Waals surface area contributed by atoms with E-state index in [1.165, 1.54) is 5.70 Å². The number of halogens is 1. The first-order valence-electron chi connectivity index (χ1n) is 12.8. The maximum absolute atomic E-state index is 13.0. The van der Waals surface area contributed by atoms with Crippen LogP contribution in [0.3, 0.4) is 0 Å². The van der Waals surface area contributed by atoms with Gasteiger partial charge in [-0.05, 0) is 58.2 Å². The quantitative estimate of drug-likeness (QED) is 0.500. The molecule has 0 bridgehead atoms. The number of nitrogens with zero attached hydrogens (tertiary/aromatic N) is 3. The van der Waals surface area contributed by atoms with Gasteiger partial charge in [0.2, 0.25) is 11.8 Å². The summed E-state index contributed by atoms with van der Waals surface area (Å²) in [6, 6.07) is 0. The summed E-state index contributed by atoms with van der Waals surface area (Å²) in [4.78, 5) is 22.4. The molecule has 4 rings (SSSR count). The van der Waals surface area contributed by atoms with Crippen LogP contribution in [0, 0.1) is 12.8 Å². The molecule has 3 aliphatic rings. The summed E-state index contributed by atoms with van der Waals surface area (Å²) in [5, 5.41) is 4.06. The molecule has 0 saturated carbocycles. The van der Waals surface area contributed by atoms with Crippen LogP contribution in [0.4, 0.5) is 0 Å². The number of hydrogen-bond donors (Lipinski definition) is 1. The second-order valence-corrected chi connectivity index (χ2v) is 9.93. The van der Waals surface area contributed by atoms with Crippen molar-refractivity contribution in [2.24, 2.45) is 5.92 Å². The lowest BCUT2D eigenvalue weighted by Crippen LogP contribution is -2.44. The van der Waals surface area contributed by atoms with Gasteiger partial charge in [0.15, 0.2) is 0 Å². The van der Waals surface area contributed by atoms with E-state index in [9.17, 15) is 4.79 Å². The van der Waals surface area contributed by atoms with Gasteiger partial charge in [0.1, 0.15) is 5.76 Å². The Morgan fingerprint density at radius 3 is 2.94 bits per heavy atom. The first-order chi connectivity index (χ1) is 17.0. The number of likely N-dealkylation sites (N-methyl/N-ethyl adjacent to an activating group) is 1. The lowest BCUT2D eigenvalue weighted by atomic mass is 9.97. The van der Waals surface area contributed by atoms with E-state index < -0.39 is 0 Å². The highest BCUT2D eigenvalue weighted by atomic mass is 35.5. The van der Waals surface area contributed by atoms with Gasteiger partial charge in [0.05, 0.1) is 11.6 Å². The van der Waals surface area contributed by atoms with Gasteiger partial charge < -0.3 is 14.6 Å². The minimum absolute atomic E-state index is 0.0156. The van der Waals surface area contributed by atoms with E-state index in [0.29, 0.717) is 19.0 Å². The monoisotopic (exact) mass is 496 g/mol. The Balaban J connectivity index is 1.27. The number of carbonyl (C=O) groups excluding carboxylic acids is 1. The molecular weight excluding hydrogens is 460 g/mol. The van der Waals surface area contributed by atoms with Crippen LogP contribution < -0.4 is 5.32 Å². The van der Waals surface area contributed by atoms with Crippen LogP contribution in [0.25, 0.3) is 5.57 Å². The highest BCUT2D eigenvalue weighted by Gasteiger charge is 2.27. The summed E-state index contributed by atoms with van der Waals surface area (Å²) in [5.41, 5.74) is 3.34.